The van der Waals surface area contributed by atoms with Gasteiger partial charge in [0.2, 0.25) is 0 Å². The van der Waals surface area contributed by atoms with E-state index in [9.17, 15) is 5.11 Å². The molecule has 1 atom stereocenters. The SMILES string of the molecule is CCCCCCCC(O)c1ccc(OCc2ccc3ccccc3n2)cc1. The second-order valence-corrected chi connectivity index (χ2v) is 7.07. The minimum atomic E-state index is -0.386. The molecule has 0 aliphatic carbocycles. The van der Waals surface area contributed by atoms with Crippen LogP contribution < -0.4 is 4.74 Å². The van der Waals surface area contributed by atoms with Crippen LogP contribution >= 0.6 is 0 Å². The van der Waals surface area contributed by atoms with Crippen molar-refractivity contribution in [2.75, 3.05) is 0 Å². The molecule has 0 saturated carbocycles. The maximum Gasteiger partial charge on any atom is 0.130 e. The highest BCUT2D eigenvalue weighted by atomic mass is 16.5. The molecule has 142 valence electrons. The summed E-state index contributed by atoms with van der Waals surface area (Å²) in [5, 5.41) is 11.5. The first-order valence-corrected chi connectivity index (χ1v) is 10.0. The first-order valence-electron chi connectivity index (χ1n) is 10.0. The van der Waals surface area contributed by atoms with E-state index in [2.05, 4.69) is 24.0 Å². The van der Waals surface area contributed by atoms with E-state index in [1.807, 2.05) is 48.5 Å². The van der Waals surface area contributed by atoms with E-state index in [1.165, 1.54) is 25.7 Å². The van der Waals surface area contributed by atoms with Gasteiger partial charge in [-0.05, 0) is 36.2 Å². The van der Waals surface area contributed by atoms with Gasteiger partial charge in [-0.2, -0.15) is 0 Å². The summed E-state index contributed by atoms with van der Waals surface area (Å²) >= 11 is 0. The fourth-order valence-electron chi connectivity index (χ4n) is 3.24. The van der Waals surface area contributed by atoms with Gasteiger partial charge in [-0.3, -0.25) is 0 Å². The number of unbranched alkanes of at least 4 members (excludes halogenated alkanes) is 4. The van der Waals surface area contributed by atoms with Gasteiger partial charge in [0.05, 0.1) is 17.3 Å². The number of rotatable bonds is 10. The minimum Gasteiger partial charge on any atom is -0.487 e. The number of fused-ring (bicyclic) bond motifs is 1. The summed E-state index contributed by atoms with van der Waals surface area (Å²) in [5.41, 5.74) is 2.85. The summed E-state index contributed by atoms with van der Waals surface area (Å²) in [5.74, 6) is 0.795. The Bertz CT molecular complexity index is 829. The molecule has 0 fully saturated rings. The Hall–Kier alpha value is -2.39. The predicted octanol–water partition coefficient (Wildman–Crippen LogP) is 6.21. The van der Waals surface area contributed by atoms with Crippen molar-refractivity contribution >= 4 is 10.9 Å². The third-order valence-electron chi connectivity index (χ3n) is 4.89. The molecule has 3 aromatic rings. The number of hydrogen-bond donors (Lipinski definition) is 1. The number of benzene rings is 2. The molecular formula is C24H29NO2. The number of hydrogen-bond acceptors (Lipinski definition) is 3. The van der Waals surface area contributed by atoms with Crippen LogP contribution in [0, 0.1) is 0 Å². The molecule has 27 heavy (non-hydrogen) atoms. The molecule has 0 bridgehead atoms. The van der Waals surface area contributed by atoms with Crippen molar-refractivity contribution < 1.29 is 9.84 Å². The van der Waals surface area contributed by atoms with Crippen molar-refractivity contribution in [3.8, 4) is 5.75 Å². The molecule has 0 aliphatic heterocycles. The normalized spacial score (nSPS) is 12.2. The van der Waals surface area contributed by atoms with Crippen molar-refractivity contribution in [2.45, 2.75) is 58.2 Å². The van der Waals surface area contributed by atoms with Crippen molar-refractivity contribution in [1.29, 1.82) is 0 Å². The van der Waals surface area contributed by atoms with Crippen molar-refractivity contribution in [2.24, 2.45) is 0 Å². The first-order chi connectivity index (χ1) is 13.3. The smallest absolute Gasteiger partial charge is 0.130 e. The van der Waals surface area contributed by atoms with Crippen LogP contribution in [0.2, 0.25) is 0 Å². The van der Waals surface area contributed by atoms with Gasteiger partial charge in [-0.15, -0.1) is 0 Å². The number of para-hydroxylation sites is 1. The molecule has 3 heteroatoms. The fourth-order valence-corrected chi connectivity index (χ4v) is 3.24. The second-order valence-electron chi connectivity index (χ2n) is 7.07. The van der Waals surface area contributed by atoms with E-state index in [1.54, 1.807) is 0 Å². The third-order valence-corrected chi connectivity index (χ3v) is 4.89. The van der Waals surface area contributed by atoms with Gasteiger partial charge in [-0.1, -0.05) is 75.4 Å². The highest BCUT2D eigenvalue weighted by Crippen LogP contribution is 2.23. The predicted molar refractivity (Wildman–Crippen MR) is 111 cm³/mol. The van der Waals surface area contributed by atoms with Gasteiger partial charge in [0.15, 0.2) is 0 Å². The topological polar surface area (TPSA) is 42.4 Å². The second kappa shape index (κ2) is 10.1. The molecule has 3 nitrogen and oxygen atoms in total. The standard InChI is InChI=1S/C24H29NO2/c1-2-3-4-5-6-11-24(26)20-13-16-22(17-14-20)27-18-21-15-12-19-9-7-8-10-23(19)25-21/h7-10,12-17,24,26H,2-6,11,18H2,1H3. The van der Waals surface area contributed by atoms with Crippen LogP contribution in [0.5, 0.6) is 5.75 Å². The van der Waals surface area contributed by atoms with Crippen molar-refractivity contribution in [1.82, 2.24) is 4.98 Å². The lowest BCUT2D eigenvalue weighted by Gasteiger charge is -2.12. The van der Waals surface area contributed by atoms with Gasteiger partial charge < -0.3 is 9.84 Å². The Kier molecular flexibility index (Phi) is 7.23. The molecule has 1 N–H and O–H groups in total. The zero-order chi connectivity index (χ0) is 18.9. The van der Waals surface area contributed by atoms with Crippen LogP contribution in [0.25, 0.3) is 10.9 Å². The molecule has 1 aromatic heterocycles. The van der Waals surface area contributed by atoms with E-state index in [0.29, 0.717) is 6.61 Å². The average molecular weight is 364 g/mol. The molecule has 0 radical (unpaired) electrons. The summed E-state index contributed by atoms with van der Waals surface area (Å²) in [6, 6.07) is 19.9. The van der Waals surface area contributed by atoms with Gasteiger partial charge >= 0.3 is 0 Å². The lowest BCUT2D eigenvalue weighted by atomic mass is 10.0. The van der Waals surface area contributed by atoms with Gasteiger partial charge in [0, 0.05) is 5.39 Å². The fraction of sp³-hybridized carbons (Fsp3) is 0.375. The Morgan fingerprint density at radius 1 is 0.889 bits per heavy atom. The number of aliphatic hydroxyl groups excluding tert-OH is 1. The number of ether oxygens (including phenoxy) is 1. The van der Waals surface area contributed by atoms with Gasteiger partial charge in [0.25, 0.3) is 0 Å². The summed E-state index contributed by atoms with van der Waals surface area (Å²) in [6.45, 7) is 2.65. The number of aromatic nitrogens is 1. The molecule has 0 amide bonds. The Morgan fingerprint density at radius 2 is 1.67 bits per heavy atom. The molecule has 2 aromatic carbocycles. The molecule has 0 aliphatic rings. The summed E-state index contributed by atoms with van der Waals surface area (Å²) in [6.07, 6.45) is 6.51. The van der Waals surface area contributed by atoms with Crippen LogP contribution in [0.1, 0.15) is 62.8 Å². The average Bonchev–Trinajstić information content (AvgIpc) is 2.72. The highest BCUT2D eigenvalue weighted by Gasteiger charge is 2.07. The zero-order valence-electron chi connectivity index (χ0n) is 16.1. The van der Waals surface area contributed by atoms with Crippen molar-refractivity contribution in [3.63, 3.8) is 0 Å². The summed E-state index contributed by atoms with van der Waals surface area (Å²) in [4.78, 5) is 4.63. The molecule has 0 saturated heterocycles. The van der Waals surface area contributed by atoms with Gasteiger partial charge in [-0.25, -0.2) is 4.98 Å². The maximum absolute atomic E-state index is 10.3. The largest absolute Gasteiger partial charge is 0.487 e. The van der Waals surface area contributed by atoms with E-state index in [-0.39, 0.29) is 6.10 Å². The van der Waals surface area contributed by atoms with E-state index in [4.69, 9.17) is 4.74 Å². The quantitative estimate of drug-likeness (QED) is 0.436. The number of nitrogens with zero attached hydrogens (tertiary/aromatic N) is 1. The molecular weight excluding hydrogens is 334 g/mol. The first kappa shape index (κ1) is 19.4. The van der Waals surface area contributed by atoms with Gasteiger partial charge in [0.1, 0.15) is 12.4 Å². The molecule has 3 rings (SSSR count). The lowest BCUT2D eigenvalue weighted by Crippen LogP contribution is -2.00. The monoisotopic (exact) mass is 363 g/mol. The molecule has 1 heterocycles. The van der Waals surface area contributed by atoms with E-state index >= 15 is 0 Å². The Morgan fingerprint density at radius 3 is 2.48 bits per heavy atom. The summed E-state index contributed by atoms with van der Waals surface area (Å²) < 4.78 is 5.86. The summed E-state index contributed by atoms with van der Waals surface area (Å²) in [7, 11) is 0. The van der Waals surface area contributed by atoms with Crippen molar-refractivity contribution in [3.05, 3.63) is 71.9 Å². The van der Waals surface area contributed by atoms with Crippen LogP contribution in [-0.2, 0) is 6.61 Å². The molecule has 1 unspecified atom stereocenters. The minimum absolute atomic E-state index is 0.386. The third kappa shape index (κ3) is 5.80. The molecule has 0 spiro atoms. The number of pyridine rings is 1. The van der Waals surface area contributed by atoms with Crippen LogP contribution in [0.3, 0.4) is 0 Å². The Labute approximate surface area is 162 Å². The number of aliphatic hydroxyl groups is 1. The maximum atomic E-state index is 10.3. The zero-order valence-corrected chi connectivity index (χ0v) is 16.1. The lowest BCUT2D eigenvalue weighted by molar-refractivity contribution is 0.163. The van der Waals surface area contributed by atoms with E-state index in [0.717, 1.165) is 40.8 Å². The van der Waals surface area contributed by atoms with Crippen LogP contribution in [0.4, 0.5) is 0 Å². The van der Waals surface area contributed by atoms with Crippen LogP contribution in [-0.4, -0.2) is 10.1 Å². The van der Waals surface area contributed by atoms with E-state index < -0.39 is 0 Å². The Balaban J connectivity index is 1.49. The van der Waals surface area contributed by atoms with Crippen LogP contribution in [0.15, 0.2) is 60.7 Å². The highest BCUT2D eigenvalue weighted by molar-refractivity contribution is 5.78.